The Balaban J connectivity index is 2.29. The third-order valence-corrected chi connectivity index (χ3v) is 3.34. The van der Waals surface area contributed by atoms with Gasteiger partial charge in [-0.3, -0.25) is 25.7 Å². The molecule has 2 aromatic carbocycles. The molecule has 0 unspecified atom stereocenters. The zero-order valence-corrected chi connectivity index (χ0v) is 13.2. The fourth-order valence-electron chi connectivity index (χ4n) is 1.73. The van der Waals surface area contributed by atoms with E-state index in [1.54, 1.807) is 0 Å². The molecule has 2 N–H and O–H groups in total. The summed E-state index contributed by atoms with van der Waals surface area (Å²) in [6.45, 7) is 0. The molecular weight excluding hydrogens is 363 g/mol. The number of non-ortho nitro benzene ring substituents is 1. The lowest BCUT2D eigenvalue weighted by Gasteiger charge is -2.04. The first-order valence-corrected chi connectivity index (χ1v) is 6.95. The number of nitro groups is 2. The van der Waals surface area contributed by atoms with E-state index < -0.39 is 21.2 Å². The number of hydrazone groups is 1. The number of phenolic OH excluding ortho intramolecular Hbond substituents is 1. The molecule has 0 saturated heterocycles. The number of hydrogen-bond donors (Lipinski definition) is 2. The molecule has 0 saturated carbocycles. The maximum Gasteiger partial charge on any atom is 0.301 e. The average Bonchev–Trinajstić information content (AvgIpc) is 2.51. The van der Waals surface area contributed by atoms with Crippen molar-refractivity contribution in [2.45, 2.75) is 0 Å². The van der Waals surface area contributed by atoms with Crippen molar-refractivity contribution in [3.8, 4) is 5.75 Å². The third kappa shape index (κ3) is 3.89. The van der Waals surface area contributed by atoms with Crippen molar-refractivity contribution in [3.63, 3.8) is 0 Å². The van der Waals surface area contributed by atoms with E-state index in [4.69, 9.17) is 23.2 Å². The Hall–Kier alpha value is -2.91. The van der Waals surface area contributed by atoms with Gasteiger partial charge in [-0.25, -0.2) is 0 Å². The first-order chi connectivity index (χ1) is 11.3. The lowest BCUT2D eigenvalue weighted by molar-refractivity contribution is -0.393. The van der Waals surface area contributed by atoms with Crippen LogP contribution in [-0.2, 0) is 0 Å². The van der Waals surface area contributed by atoms with Gasteiger partial charge in [-0.1, -0.05) is 23.2 Å². The molecule has 0 radical (unpaired) electrons. The number of halogens is 2. The molecule has 0 amide bonds. The minimum atomic E-state index is -0.779. The van der Waals surface area contributed by atoms with E-state index in [1.807, 2.05) is 0 Å². The molecule has 0 aliphatic heterocycles. The molecule has 2 aromatic rings. The van der Waals surface area contributed by atoms with Gasteiger partial charge in [0, 0.05) is 16.7 Å². The number of anilines is 1. The van der Waals surface area contributed by atoms with Gasteiger partial charge in [0.05, 0.1) is 27.2 Å². The molecule has 0 aromatic heterocycles. The van der Waals surface area contributed by atoms with Crippen LogP contribution in [0.5, 0.6) is 5.75 Å². The van der Waals surface area contributed by atoms with Crippen LogP contribution in [0.3, 0.4) is 0 Å². The molecule has 124 valence electrons. The van der Waals surface area contributed by atoms with Crippen LogP contribution in [0.2, 0.25) is 10.0 Å². The standard InChI is InChI=1S/C13H8Cl2N4O5/c14-8-3-7(13(20)10(15)4-8)6-16-17-11-2-1-9(18(21)22)5-12(11)19(23)24/h1-6,17,20H/b16-6-. The Kier molecular flexibility index (Phi) is 5.17. The Bertz CT molecular complexity index is 856. The van der Waals surface area contributed by atoms with Crippen LogP contribution in [0.15, 0.2) is 35.4 Å². The number of benzene rings is 2. The SMILES string of the molecule is O=[N+]([O-])c1ccc(N/N=C\c2cc(Cl)cc(Cl)c2O)c([N+](=O)[O-])c1. The topological polar surface area (TPSA) is 131 Å². The Labute approximate surface area is 144 Å². The lowest BCUT2D eigenvalue weighted by Crippen LogP contribution is -1.99. The van der Waals surface area contributed by atoms with E-state index in [-0.39, 0.29) is 27.0 Å². The normalized spacial score (nSPS) is 10.8. The van der Waals surface area contributed by atoms with Crippen molar-refractivity contribution in [2.75, 3.05) is 5.43 Å². The van der Waals surface area contributed by atoms with Gasteiger partial charge in [0.2, 0.25) is 0 Å². The maximum atomic E-state index is 11.0. The summed E-state index contributed by atoms with van der Waals surface area (Å²) >= 11 is 11.6. The summed E-state index contributed by atoms with van der Waals surface area (Å²) in [7, 11) is 0. The molecule has 2 rings (SSSR count). The van der Waals surface area contributed by atoms with Crippen LogP contribution >= 0.6 is 23.2 Å². The highest BCUT2D eigenvalue weighted by atomic mass is 35.5. The number of nitrogens with one attached hydrogen (secondary N) is 1. The highest BCUT2D eigenvalue weighted by molar-refractivity contribution is 6.36. The summed E-state index contributed by atoms with van der Waals surface area (Å²) in [4.78, 5) is 20.1. The summed E-state index contributed by atoms with van der Waals surface area (Å²) in [5.41, 5.74) is 1.57. The number of hydrogen-bond acceptors (Lipinski definition) is 7. The molecule has 11 heteroatoms. The van der Waals surface area contributed by atoms with Gasteiger partial charge >= 0.3 is 5.69 Å². The number of nitrogens with zero attached hydrogens (tertiary/aromatic N) is 3. The summed E-state index contributed by atoms with van der Waals surface area (Å²) in [5.74, 6) is -0.259. The second-order valence-electron chi connectivity index (χ2n) is 4.41. The van der Waals surface area contributed by atoms with Crippen molar-refractivity contribution in [1.29, 1.82) is 0 Å². The van der Waals surface area contributed by atoms with Gasteiger partial charge in [-0.05, 0) is 18.2 Å². The second-order valence-corrected chi connectivity index (χ2v) is 5.25. The zero-order chi connectivity index (χ0) is 17.9. The summed E-state index contributed by atoms with van der Waals surface area (Å²) in [6, 6.07) is 5.78. The molecule has 0 aliphatic carbocycles. The molecule has 9 nitrogen and oxygen atoms in total. The van der Waals surface area contributed by atoms with Crippen LogP contribution < -0.4 is 5.43 Å². The third-order valence-electron chi connectivity index (χ3n) is 2.84. The molecule has 0 spiro atoms. The van der Waals surface area contributed by atoms with Crippen LogP contribution in [-0.4, -0.2) is 21.2 Å². The molecular formula is C13H8Cl2N4O5. The van der Waals surface area contributed by atoms with E-state index >= 15 is 0 Å². The van der Waals surface area contributed by atoms with Crippen LogP contribution in [0, 0.1) is 20.2 Å². The Morgan fingerprint density at radius 3 is 2.46 bits per heavy atom. The number of nitro benzene ring substituents is 2. The van der Waals surface area contributed by atoms with E-state index in [0.29, 0.717) is 0 Å². The quantitative estimate of drug-likeness (QED) is 0.465. The van der Waals surface area contributed by atoms with Crippen molar-refractivity contribution in [2.24, 2.45) is 5.10 Å². The Morgan fingerprint density at radius 2 is 1.83 bits per heavy atom. The van der Waals surface area contributed by atoms with Gasteiger partial charge in [0.15, 0.2) is 0 Å². The monoisotopic (exact) mass is 370 g/mol. The van der Waals surface area contributed by atoms with Crippen LogP contribution in [0.4, 0.5) is 17.1 Å². The summed E-state index contributed by atoms with van der Waals surface area (Å²) in [6.07, 6.45) is 1.15. The molecule has 0 atom stereocenters. The number of phenols is 1. The maximum absolute atomic E-state index is 11.0. The number of rotatable bonds is 5. The molecule has 0 fully saturated rings. The highest BCUT2D eigenvalue weighted by Gasteiger charge is 2.19. The largest absolute Gasteiger partial charge is 0.506 e. The van der Waals surface area contributed by atoms with Gasteiger partial charge < -0.3 is 5.11 Å². The van der Waals surface area contributed by atoms with Gasteiger partial charge in [0.25, 0.3) is 5.69 Å². The zero-order valence-electron chi connectivity index (χ0n) is 11.6. The van der Waals surface area contributed by atoms with E-state index in [0.717, 1.165) is 24.4 Å². The number of aromatic hydroxyl groups is 1. The summed E-state index contributed by atoms with van der Waals surface area (Å²) in [5, 5.41) is 35.5. The summed E-state index contributed by atoms with van der Waals surface area (Å²) < 4.78 is 0. The first-order valence-electron chi connectivity index (χ1n) is 6.19. The van der Waals surface area contributed by atoms with E-state index in [2.05, 4.69) is 10.5 Å². The van der Waals surface area contributed by atoms with Crippen LogP contribution in [0.1, 0.15) is 5.56 Å². The van der Waals surface area contributed by atoms with Gasteiger partial charge in [-0.15, -0.1) is 0 Å². The predicted octanol–water partition coefficient (Wildman–Crippen LogP) is 3.96. The molecule has 0 heterocycles. The first kappa shape index (κ1) is 17.4. The molecule has 0 bridgehead atoms. The molecule has 0 aliphatic rings. The molecule has 24 heavy (non-hydrogen) atoms. The smallest absolute Gasteiger partial charge is 0.301 e. The average molecular weight is 371 g/mol. The van der Waals surface area contributed by atoms with E-state index in [1.165, 1.54) is 12.1 Å². The van der Waals surface area contributed by atoms with E-state index in [9.17, 15) is 25.3 Å². The predicted molar refractivity (Wildman–Crippen MR) is 89.1 cm³/mol. The van der Waals surface area contributed by atoms with Gasteiger partial charge in [-0.2, -0.15) is 5.10 Å². The van der Waals surface area contributed by atoms with Crippen molar-refractivity contribution in [1.82, 2.24) is 0 Å². The lowest BCUT2D eigenvalue weighted by atomic mass is 10.2. The van der Waals surface area contributed by atoms with Crippen molar-refractivity contribution in [3.05, 3.63) is 66.2 Å². The Morgan fingerprint density at radius 1 is 1.12 bits per heavy atom. The van der Waals surface area contributed by atoms with Crippen molar-refractivity contribution >= 4 is 46.5 Å². The fourth-order valence-corrected chi connectivity index (χ4v) is 2.24. The fraction of sp³-hybridized carbons (Fsp3) is 0. The minimum Gasteiger partial charge on any atom is -0.506 e. The highest BCUT2D eigenvalue weighted by Crippen LogP contribution is 2.31. The van der Waals surface area contributed by atoms with Crippen LogP contribution in [0.25, 0.3) is 0 Å². The second kappa shape index (κ2) is 7.11. The minimum absolute atomic E-state index is 0.0188. The van der Waals surface area contributed by atoms with Crippen molar-refractivity contribution < 1.29 is 15.0 Å². The van der Waals surface area contributed by atoms with Gasteiger partial charge in [0.1, 0.15) is 11.4 Å².